The maximum atomic E-state index is 3.53. The molecule has 1 unspecified atom stereocenters. The molecule has 14 heavy (non-hydrogen) atoms. The molecule has 84 valence electrons. The van der Waals surface area contributed by atoms with E-state index in [9.17, 15) is 0 Å². The second-order valence-electron chi connectivity index (χ2n) is 5.80. The summed E-state index contributed by atoms with van der Waals surface area (Å²) in [6.45, 7) is 14.2. The van der Waals surface area contributed by atoms with Crippen LogP contribution in [0.4, 0.5) is 0 Å². The van der Waals surface area contributed by atoms with E-state index in [1.807, 2.05) is 0 Å². The van der Waals surface area contributed by atoms with Crippen LogP contribution in [-0.4, -0.2) is 37.1 Å². The highest BCUT2D eigenvalue weighted by molar-refractivity contribution is 4.73. The SMILES string of the molecule is CC1CCN(CCC(C)(C)C)CCN1. The summed E-state index contributed by atoms with van der Waals surface area (Å²) in [5.74, 6) is 0. The molecule has 0 radical (unpaired) electrons. The summed E-state index contributed by atoms with van der Waals surface area (Å²) in [6.07, 6.45) is 2.60. The van der Waals surface area contributed by atoms with Crippen LogP contribution in [0.5, 0.6) is 0 Å². The van der Waals surface area contributed by atoms with Gasteiger partial charge in [0.05, 0.1) is 0 Å². The fourth-order valence-electron chi connectivity index (χ4n) is 1.78. The van der Waals surface area contributed by atoms with E-state index in [-0.39, 0.29) is 0 Å². The second kappa shape index (κ2) is 5.13. The molecule has 1 fully saturated rings. The predicted octanol–water partition coefficient (Wildman–Crippen LogP) is 2.11. The van der Waals surface area contributed by atoms with Crippen LogP contribution in [-0.2, 0) is 0 Å². The number of nitrogens with one attached hydrogen (secondary N) is 1. The molecule has 1 N–H and O–H groups in total. The Morgan fingerprint density at radius 1 is 1.29 bits per heavy atom. The molecule has 0 aromatic heterocycles. The molecule has 1 heterocycles. The molecule has 0 saturated carbocycles. The molecule has 0 amide bonds. The number of nitrogens with zero attached hydrogens (tertiary/aromatic N) is 1. The van der Waals surface area contributed by atoms with Crippen LogP contribution < -0.4 is 5.32 Å². The molecular weight excluding hydrogens is 172 g/mol. The summed E-state index contributed by atoms with van der Waals surface area (Å²) in [5.41, 5.74) is 0.478. The van der Waals surface area contributed by atoms with Crippen molar-refractivity contribution < 1.29 is 0 Å². The smallest absolute Gasteiger partial charge is 0.0107 e. The van der Waals surface area contributed by atoms with Gasteiger partial charge in [0, 0.05) is 19.1 Å². The van der Waals surface area contributed by atoms with Gasteiger partial charge in [-0.05, 0) is 38.3 Å². The average molecular weight is 198 g/mol. The third-order valence-corrected chi connectivity index (χ3v) is 2.98. The fraction of sp³-hybridized carbons (Fsp3) is 1.00. The van der Waals surface area contributed by atoms with Crippen molar-refractivity contribution in [3.8, 4) is 0 Å². The summed E-state index contributed by atoms with van der Waals surface area (Å²) in [4.78, 5) is 2.60. The van der Waals surface area contributed by atoms with E-state index in [1.54, 1.807) is 0 Å². The van der Waals surface area contributed by atoms with Crippen LogP contribution in [0.1, 0.15) is 40.5 Å². The standard InChI is InChI=1S/C12H26N2/c1-11-5-8-14(10-7-13-11)9-6-12(2,3)4/h11,13H,5-10H2,1-4H3. The Bertz CT molecular complexity index is 160. The highest BCUT2D eigenvalue weighted by Crippen LogP contribution is 2.19. The van der Waals surface area contributed by atoms with Crippen LogP contribution in [0.2, 0.25) is 0 Å². The van der Waals surface area contributed by atoms with Crippen molar-refractivity contribution in [2.45, 2.75) is 46.6 Å². The molecule has 0 bridgehead atoms. The molecule has 2 heteroatoms. The van der Waals surface area contributed by atoms with Crippen molar-refractivity contribution in [2.75, 3.05) is 26.2 Å². The van der Waals surface area contributed by atoms with Gasteiger partial charge in [-0.15, -0.1) is 0 Å². The largest absolute Gasteiger partial charge is 0.313 e. The first-order valence-corrected chi connectivity index (χ1v) is 5.93. The molecule has 0 aromatic carbocycles. The van der Waals surface area contributed by atoms with Crippen LogP contribution in [0.25, 0.3) is 0 Å². The number of rotatable bonds is 2. The topological polar surface area (TPSA) is 15.3 Å². The maximum absolute atomic E-state index is 3.53. The lowest BCUT2D eigenvalue weighted by Gasteiger charge is -2.25. The molecule has 1 aliphatic rings. The Balaban J connectivity index is 2.24. The molecular formula is C12H26N2. The number of hydrogen-bond acceptors (Lipinski definition) is 2. The van der Waals surface area contributed by atoms with E-state index in [0.717, 1.165) is 6.54 Å². The van der Waals surface area contributed by atoms with E-state index in [1.165, 1.54) is 32.5 Å². The van der Waals surface area contributed by atoms with Crippen molar-refractivity contribution in [3.63, 3.8) is 0 Å². The van der Waals surface area contributed by atoms with Crippen molar-refractivity contribution in [1.29, 1.82) is 0 Å². The van der Waals surface area contributed by atoms with Crippen molar-refractivity contribution in [1.82, 2.24) is 10.2 Å². The zero-order valence-corrected chi connectivity index (χ0v) is 10.3. The van der Waals surface area contributed by atoms with Gasteiger partial charge in [0.1, 0.15) is 0 Å². The van der Waals surface area contributed by atoms with Crippen molar-refractivity contribution in [2.24, 2.45) is 5.41 Å². The quantitative estimate of drug-likeness (QED) is 0.731. The molecule has 2 nitrogen and oxygen atoms in total. The normalized spacial score (nSPS) is 26.1. The maximum Gasteiger partial charge on any atom is 0.0107 e. The van der Waals surface area contributed by atoms with Crippen LogP contribution in [0, 0.1) is 5.41 Å². The van der Waals surface area contributed by atoms with Gasteiger partial charge < -0.3 is 10.2 Å². The van der Waals surface area contributed by atoms with Crippen LogP contribution in [0.15, 0.2) is 0 Å². The Morgan fingerprint density at radius 2 is 2.00 bits per heavy atom. The molecule has 1 atom stereocenters. The molecule has 0 spiro atoms. The van der Waals surface area contributed by atoms with E-state index in [2.05, 4.69) is 37.9 Å². The van der Waals surface area contributed by atoms with Gasteiger partial charge in [-0.1, -0.05) is 20.8 Å². The van der Waals surface area contributed by atoms with E-state index in [4.69, 9.17) is 0 Å². The summed E-state index contributed by atoms with van der Waals surface area (Å²) in [6, 6.07) is 0.703. The van der Waals surface area contributed by atoms with Gasteiger partial charge in [-0.25, -0.2) is 0 Å². The van der Waals surface area contributed by atoms with Crippen molar-refractivity contribution in [3.05, 3.63) is 0 Å². The molecule has 1 rings (SSSR count). The van der Waals surface area contributed by atoms with Crippen LogP contribution >= 0.6 is 0 Å². The van der Waals surface area contributed by atoms with Gasteiger partial charge in [-0.3, -0.25) is 0 Å². The first-order chi connectivity index (χ1) is 6.47. The third-order valence-electron chi connectivity index (χ3n) is 2.98. The predicted molar refractivity (Wildman–Crippen MR) is 62.6 cm³/mol. The number of hydrogen-bond donors (Lipinski definition) is 1. The third kappa shape index (κ3) is 4.97. The lowest BCUT2D eigenvalue weighted by Crippen LogP contribution is -2.31. The summed E-state index contributed by atoms with van der Waals surface area (Å²) in [7, 11) is 0. The average Bonchev–Trinajstić information content (AvgIpc) is 2.25. The first-order valence-electron chi connectivity index (χ1n) is 5.93. The van der Waals surface area contributed by atoms with Gasteiger partial charge in [0.25, 0.3) is 0 Å². The second-order valence-corrected chi connectivity index (χ2v) is 5.80. The minimum absolute atomic E-state index is 0.478. The fourth-order valence-corrected chi connectivity index (χ4v) is 1.78. The Hall–Kier alpha value is -0.0800. The summed E-state index contributed by atoms with van der Waals surface area (Å²) in [5, 5.41) is 3.53. The van der Waals surface area contributed by atoms with Gasteiger partial charge in [0.15, 0.2) is 0 Å². The summed E-state index contributed by atoms with van der Waals surface area (Å²) < 4.78 is 0. The Morgan fingerprint density at radius 3 is 2.64 bits per heavy atom. The van der Waals surface area contributed by atoms with Gasteiger partial charge in [0.2, 0.25) is 0 Å². The lowest BCUT2D eigenvalue weighted by molar-refractivity contribution is 0.238. The first kappa shape index (κ1) is 12.0. The van der Waals surface area contributed by atoms with Gasteiger partial charge >= 0.3 is 0 Å². The van der Waals surface area contributed by atoms with Crippen molar-refractivity contribution >= 4 is 0 Å². The molecule has 0 aliphatic carbocycles. The minimum atomic E-state index is 0.478. The van der Waals surface area contributed by atoms with E-state index < -0.39 is 0 Å². The van der Waals surface area contributed by atoms with Gasteiger partial charge in [-0.2, -0.15) is 0 Å². The van der Waals surface area contributed by atoms with E-state index in [0.29, 0.717) is 11.5 Å². The zero-order chi connectivity index (χ0) is 10.6. The lowest BCUT2D eigenvalue weighted by atomic mass is 9.92. The molecule has 1 aliphatic heterocycles. The zero-order valence-electron chi connectivity index (χ0n) is 10.3. The van der Waals surface area contributed by atoms with Crippen LogP contribution in [0.3, 0.4) is 0 Å². The minimum Gasteiger partial charge on any atom is -0.313 e. The highest BCUT2D eigenvalue weighted by Gasteiger charge is 2.16. The molecule has 0 aromatic rings. The Kier molecular flexibility index (Phi) is 4.39. The Labute approximate surface area is 89.1 Å². The van der Waals surface area contributed by atoms with E-state index >= 15 is 0 Å². The molecule has 1 saturated heterocycles. The summed E-state index contributed by atoms with van der Waals surface area (Å²) >= 11 is 0. The highest BCUT2D eigenvalue weighted by atomic mass is 15.2. The monoisotopic (exact) mass is 198 g/mol.